The summed E-state index contributed by atoms with van der Waals surface area (Å²) in [5.74, 6) is 0.366. The minimum absolute atomic E-state index is 0.114. The summed E-state index contributed by atoms with van der Waals surface area (Å²) in [5.41, 5.74) is 2.25. The smallest absolute Gasteiger partial charge is 0.268 e. The number of nitrogens with zero attached hydrogens (tertiary/aromatic N) is 1. The minimum atomic E-state index is -0.120. The number of hydrogen-bond donors (Lipinski definition) is 0. The molecule has 2 amide bonds. The van der Waals surface area contributed by atoms with Gasteiger partial charge < -0.3 is 0 Å². The Labute approximate surface area is 142 Å². The number of carbonyl (C=O) groups excluding carboxylic acids is 2. The van der Waals surface area contributed by atoms with Crippen LogP contribution in [0.1, 0.15) is 50.2 Å². The highest BCUT2D eigenvalue weighted by molar-refractivity contribution is 8.18. The Balaban J connectivity index is 1.70. The average Bonchev–Trinajstić information content (AvgIpc) is 2.84. The maximum Gasteiger partial charge on any atom is 0.293 e. The van der Waals surface area contributed by atoms with E-state index in [1.54, 1.807) is 0 Å². The molecule has 3 nitrogen and oxygen atoms in total. The number of rotatable bonds is 4. The molecule has 1 aromatic carbocycles. The topological polar surface area (TPSA) is 37.4 Å². The Morgan fingerprint density at radius 2 is 1.83 bits per heavy atom. The molecule has 0 atom stereocenters. The third kappa shape index (κ3) is 3.86. The van der Waals surface area contributed by atoms with Crippen LogP contribution in [0.25, 0.3) is 6.08 Å². The molecule has 23 heavy (non-hydrogen) atoms. The molecule has 1 saturated heterocycles. The van der Waals surface area contributed by atoms with Gasteiger partial charge in [-0.1, -0.05) is 50.5 Å². The predicted octanol–water partition coefficient (Wildman–Crippen LogP) is 4.87. The average molecular weight is 329 g/mol. The third-order valence-electron chi connectivity index (χ3n) is 4.72. The summed E-state index contributed by atoms with van der Waals surface area (Å²) in [6, 6.07) is 8.15. The SMILES string of the molecule is CCc1ccc(/C=C2/SC(=O)N(CC3CCCCC3)C2=O)cc1. The molecule has 0 aromatic heterocycles. The summed E-state index contributed by atoms with van der Waals surface area (Å²) in [7, 11) is 0. The molecule has 1 saturated carbocycles. The lowest BCUT2D eigenvalue weighted by Crippen LogP contribution is -2.34. The second-order valence-corrected chi connectivity index (χ2v) is 7.38. The normalized spacial score (nSPS) is 21.4. The summed E-state index contributed by atoms with van der Waals surface area (Å²) in [4.78, 5) is 26.7. The summed E-state index contributed by atoms with van der Waals surface area (Å²) in [6.45, 7) is 2.71. The van der Waals surface area contributed by atoms with Gasteiger partial charge in [0.05, 0.1) is 4.91 Å². The number of amides is 2. The second-order valence-electron chi connectivity index (χ2n) is 6.39. The van der Waals surface area contributed by atoms with Gasteiger partial charge >= 0.3 is 0 Å². The first-order valence-corrected chi connectivity index (χ1v) is 9.33. The van der Waals surface area contributed by atoms with Crippen LogP contribution < -0.4 is 0 Å². The van der Waals surface area contributed by atoms with Gasteiger partial charge in [0.25, 0.3) is 11.1 Å². The van der Waals surface area contributed by atoms with Crippen LogP contribution in [0.4, 0.5) is 4.79 Å². The molecule has 1 aliphatic heterocycles. The van der Waals surface area contributed by atoms with Crippen molar-refractivity contribution in [2.75, 3.05) is 6.54 Å². The van der Waals surface area contributed by atoms with Gasteiger partial charge in [-0.3, -0.25) is 14.5 Å². The van der Waals surface area contributed by atoms with Crippen molar-refractivity contribution >= 4 is 29.0 Å². The third-order valence-corrected chi connectivity index (χ3v) is 5.63. The molecule has 2 fully saturated rings. The van der Waals surface area contributed by atoms with Gasteiger partial charge in [-0.25, -0.2) is 0 Å². The van der Waals surface area contributed by atoms with Crippen LogP contribution in [-0.4, -0.2) is 22.6 Å². The zero-order valence-electron chi connectivity index (χ0n) is 13.6. The zero-order chi connectivity index (χ0) is 16.2. The number of aryl methyl sites for hydroxylation is 1. The van der Waals surface area contributed by atoms with Crippen LogP contribution >= 0.6 is 11.8 Å². The zero-order valence-corrected chi connectivity index (χ0v) is 14.4. The van der Waals surface area contributed by atoms with E-state index in [0.29, 0.717) is 17.4 Å². The lowest BCUT2D eigenvalue weighted by atomic mass is 9.89. The first-order chi connectivity index (χ1) is 11.2. The van der Waals surface area contributed by atoms with Crippen LogP contribution in [0.2, 0.25) is 0 Å². The van der Waals surface area contributed by atoms with Gasteiger partial charge in [0.2, 0.25) is 0 Å². The number of hydrogen-bond acceptors (Lipinski definition) is 3. The molecule has 2 aliphatic rings. The van der Waals surface area contributed by atoms with E-state index in [-0.39, 0.29) is 11.1 Å². The van der Waals surface area contributed by atoms with Gasteiger partial charge in [-0.05, 0) is 54.1 Å². The minimum Gasteiger partial charge on any atom is -0.268 e. The van der Waals surface area contributed by atoms with E-state index in [2.05, 4.69) is 19.1 Å². The van der Waals surface area contributed by atoms with Crippen molar-refractivity contribution < 1.29 is 9.59 Å². The van der Waals surface area contributed by atoms with E-state index in [1.807, 2.05) is 18.2 Å². The Morgan fingerprint density at radius 1 is 1.13 bits per heavy atom. The molecule has 0 spiro atoms. The highest BCUT2D eigenvalue weighted by Crippen LogP contribution is 2.34. The summed E-state index contributed by atoms with van der Waals surface area (Å²) in [6.07, 6.45) is 8.84. The maximum atomic E-state index is 12.5. The molecule has 0 unspecified atom stereocenters. The van der Waals surface area contributed by atoms with Crippen molar-refractivity contribution in [2.45, 2.75) is 45.4 Å². The monoisotopic (exact) mass is 329 g/mol. The fourth-order valence-corrected chi connectivity index (χ4v) is 4.13. The molecular formula is C19H23NO2S. The molecule has 1 heterocycles. The standard InChI is InChI=1S/C19H23NO2S/c1-2-14-8-10-15(11-9-14)12-17-18(21)20(19(22)23-17)13-16-6-4-3-5-7-16/h8-12,16H,2-7,13H2,1H3/b17-12+. The van der Waals surface area contributed by atoms with Crippen molar-refractivity contribution in [3.63, 3.8) is 0 Å². The van der Waals surface area contributed by atoms with E-state index < -0.39 is 0 Å². The molecule has 3 rings (SSSR count). The Hall–Kier alpha value is -1.55. The van der Waals surface area contributed by atoms with Crippen LogP contribution in [0.3, 0.4) is 0 Å². The molecule has 1 aromatic rings. The number of thioether (sulfide) groups is 1. The summed E-state index contributed by atoms with van der Waals surface area (Å²) in [5, 5.41) is -0.114. The Bertz CT molecular complexity index is 615. The van der Waals surface area contributed by atoms with Crippen LogP contribution in [0.5, 0.6) is 0 Å². The van der Waals surface area contributed by atoms with E-state index in [4.69, 9.17) is 0 Å². The molecule has 1 aliphatic carbocycles. The maximum absolute atomic E-state index is 12.5. The lowest BCUT2D eigenvalue weighted by molar-refractivity contribution is -0.123. The Morgan fingerprint density at radius 3 is 2.48 bits per heavy atom. The molecule has 0 radical (unpaired) electrons. The van der Waals surface area contributed by atoms with Crippen molar-refractivity contribution in [1.82, 2.24) is 4.90 Å². The fraction of sp³-hybridized carbons (Fsp3) is 0.474. The number of benzene rings is 1. The summed E-state index contributed by atoms with van der Waals surface area (Å²) < 4.78 is 0. The highest BCUT2D eigenvalue weighted by atomic mass is 32.2. The quantitative estimate of drug-likeness (QED) is 0.740. The fourth-order valence-electron chi connectivity index (χ4n) is 3.29. The van der Waals surface area contributed by atoms with Crippen molar-refractivity contribution in [2.24, 2.45) is 5.92 Å². The Kier molecular flexibility index (Phi) is 5.21. The number of imide groups is 1. The van der Waals surface area contributed by atoms with Crippen LogP contribution in [0.15, 0.2) is 29.2 Å². The van der Waals surface area contributed by atoms with Crippen molar-refractivity contribution in [1.29, 1.82) is 0 Å². The first kappa shape index (κ1) is 16.3. The molecule has 4 heteroatoms. The van der Waals surface area contributed by atoms with Gasteiger partial charge in [-0.2, -0.15) is 0 Å². The summed E-state index contributed by atoms with van der Waals surface area (Å²) >= 11 is 1.07. The lowest BCUT2D eigenvalue weighted by Gasteiger charge is -2.25. The van der Waals surface area contributed by atoms with Crippen LogP contribution in [-0.2, 0) is 11.2 Å². The molecule has 0 bridgehead atoms. The first-order valence-electron chi connectivity index (χ1n) is 8.51. The van der Waals surface area contributed by atoms with E-state index in [1.165, 1.54) is 29.7 Å². The van der Waals surface area contributed by atoms with Gasteiger partial charge in [0.15, 0.2) is 0 Å². The molecule has 122 valence electrons. The largest absolute Gasteiger partial charge is 0.293 e. The van der Waals surface area contributed by atoms with Crippen molar-refractivity contribution in [3.8, 4) is 0 Å². The van der Waals surface area contributed by atoms with Gasteiger partial charge in [-0.15, -0.1) is 0 Å². The van der Waals surface area contributed by atoms with E-state index in [9.17, 15) is 9.59 Å². The van der Waals surface area contributed by atoms with Gasteiger partial charge in [0.1, 0.15) is 0 Å². The van der Waals surface area contributed by atoms with Crippen molar-refractivity contribution in [3.05, 3.63) is 40.3 Å². The predicted molar refractivity (Wildman–Crippen MR) is 95.1 cm³/mol. The van der Waals surface area contributed by atoms with E-state index in [0.717, 1.165) is 36.6 Å². The molecular weight excluding hydrogens is 306 g/mol. The molecule has 0 N–H and O–H groups in total. The highest BCUT2D eigenvalue weighted by Gasteiger charge is 2.36. The van der Waals surface area contributed by atoms with E-state index >= 15 is 0 Å². The van der Waals surface area contributed by atoms with Crippen LogP contribution in [0, 0.1) is 5.92 Å². The number of carbonyl (C=O) groups is 2. The second kappa shape index (κ2) is 7.35. The van der Waals surface area contributed by atoms with Gasteiger partial charge in [0, 0.05) is 6.54 Å².